The first kappa shape index (κ1) is 14.3. The highest BCUT2D eigenvalue weighted by molar-refractivity contribution is 5.84. The zero-order chi connectivity index (χ0) is 14.9. The molecule has 3 nitrogen and oxygen atoms in total. The Morgan fingerprint density at radius 2 is 2.00 bits per heavy atom. The molecule has 1 saturated carbocycles. The summed E-state index contributed by atoms with van der Waals surface area (Å²) in [5, 5.41) is 15.3. The topological polar surface area (TPSA) is 48.0 Å². The van der Waals surface area contributed by atoms with Gasteiger partial charge in [0.1, 0.15) is 0 Å². The van der Waals surface area contributed by atoms with Crippen LogP contribution in [0.4, 0.5) is 0 Å². The number of aliphatic hydroxyl groups excluding tert-OH is 1. The summed E-state index contributed by atoms with van der Waals surface area (Å²) in [6, 6.07) is 9.11. The fraction of sp³-hybridized carbons (Fsp3) is 0.579. The van der Waals surface area contributed by atoms with Crippen LogP contribution in [0.2, 0.25) is 0 Å². The van der Waals surface area contributed by atoms with Crippen molar-refractivity contribution in [3.63, 3.8) is 0 Å². The van der Waals surface area contributed by atoms with E-state index in [1.165, 1.54) is 47.8 Å². The number of aryl methyl sites for hydroxylation is 1. The van der Waals surface area contributed by atoms with Gasteiger partial charge in [-0.25, -0.2) is 0 Å². The van der Waals surface area contributed by atoms with Crippen molar-refractivity contribution in [3.8, 4) is 0 Å². The van der Waals surface area contributed by atoms with E-state index in [0.717, 1.165) is 25.8 Å². The summed E-state index contributed by atoms with van der Waals surface area (Å²) >= 11 is 0. The lowest BCUT2D eigenvalue weighted by Crippen LogP contribution is -2.41. The van der Waals surface area contributed by atoms with Crippen molar-refractivity contribution in [1.82, 2.24) is 10.3 Å². The average Bonchev–Trinajstić information content (AvgIpc) is 3.20. The number of benzene rings is 1. The number of fused-ring (bicyclic) bond motifs is 3. The van der Waals surface area contributed by atoms with E-state index in [1.54, 1.807) is 0 Å². The van der Waals surface area contributed by atoms with E-state index in [9.17, 15) is 5.11 Å². The normalized spacial score (nSPS) is 23.8. The van der Waals surface area contributed by atoms with E-state index in [0.29, 0.717) is 12.0 Å². The largest absolute Gasteiger partial charge is 0.392 e. The van der Waals surface area contributed by atoms with E-state index in [1.807, 2.05) is 0 Å². The molecule has 0 bridgehead atoms. The van der Waals surface area contributed by atoms with Gasteiger partial charge in [-0.05, 0) is 49.7 Å². The summed E-state index contributed by atoms with van der Waals surface area (Å²) in [7, 11) is 0. The molecule has 2 aromatic rings. The number of para-hydroxylation sites is 1. The molecular formula is C19H26N2O. The second-order valence-electron chi connectivity index (χ2n) is 7.09. The first-order chi connectivity index (χ1) is 10.8. The quantitative estimate of drug-likeness (QED) is 0.812. The van der Waals surface area contributed by atoms with Crippen LogP contribution in [0.3, 0.4) is 0 Å². The lowest BCUT2D eigenvalue weighted by atomic mass is 9.91. The smallest absolute Gasteiger partial charge is 0.0692 e. The predicted molar refractivity (Wildman–Crippen MR) is 90.1 cm³/mol. The van der Waals surface area contributed by atoms with Gasteiger partial charge in [-0.2, -0.15) is 0 Å². The molecule has 3 N–H and O–H groups in total. The van der Waals surface area contributed by atoms with Crippen molar-refractivity contribution in [2.45, 2.75) is 57.1 Å². The van der Waals surface area contributed by atoms with E-state index < -0.39 is 0 Å². The van der Waals surface area contributed by atoms with Crippen LogP contribution in [-0.4, -0.2) is 28.8 Å². The second-order valence-corrected chi connectivity index (χ2v) is 7.09. The molecule has 0 radical (unpaired) electrons. The zero-order valence-electron chi connectivity index (χ0n) is 13.1. The highest BCUT2D eigenvalue weighted by Gasteiger charge is 2.26. The highest BCUT2D eigenvalue weighted by atomic mass is 16.3. The Morgan fingerprint density at radius 1 is 1.18 bits per heavy atom. The van der Waals surface area contributed by atoms with Crippen molar-refractivity contribution in [1.29, 1.82) is 0 Å². The van der Waals surface area contributed by atoms with Crippen LogP contribution in [0, 0.1) is 5.92 Å². The van der Waals surface area contributed by atoms with Crippen LogP contribution >= 0.6 is 0 Å². The first-order valence-electron chi connectivity index (χ1n) is 8.81. The van der Waals surface area contributed by atoms with Gasteiger partial charge in [0.25, 0.3) is 0 Å². The van der Waals surface area contributed by atoms with Crippen molar-refractivity contribution in [2.75, 3.05) is 6.54 Å². The maximum Gasteiger partial charge on any atom is 0.0692 e. The Hall–Kier alpha value is -1.32. The third-order valence-electron chi connectivity index (χ3n) is 5.65. The fourth-order valence-electron chi connectivity index (χ4n) is 4.34. The molecule has 3 heteroatoms. The molecule has 0 aliphatic heterocycles. The van der Waals surface area contributed by atoms with Gasteiger partial charge < -0.3 is 15.4 Å². The van der Waals surface area contributed by atoms with E-state index in [-0.39, 0.29) is 6.10 Å². The third-order valence-corrected chi connectivity index (χ3v) is 5.65. The van der Waals surface area contributed by atoms with Gasteiger partial charge in [0.2, 0.25) is 0 Å². The van der Waals surface area contributed by atoms with Crippen LogP contribution in [0.15, 0.2) is 24.3 Å². The minimum Gasteiger partial charge on any atom is -0.392 e. The molecule has 0 spiro atoms. The van der Waals surface area contributed by atoms with Crippen LogP contribution < -0.4 is 5.32 Å². The molecule has 2 aliphatic rings. The maximum atomic E-state index is 10.3. The molecule has 0 amide bonds. The molecule has 118 valence electrons. The summed E-state index contributed by atoms with van der Waals surface area (Å²) in [6.07, 6.45) is 8.20. The van der Waals surface area contributed by atoms with Crippen LogP contribution in [0.25, 0.3) is 10.9 Å². The molecule has 2 aliphatic carbocycles. The molecule has 2 atom stereocenters. The number of aliphatic hydroxyl groups is 1. The molecule has 1 fully saturated rings. The van der Waals surface area contributed by atoms with Gasteiger partial charge >= 0.3 is 0 Å². The predicted octanol–water partition coefficient (Wildman–Crippen LogP) is 3.17. The standard InChI is InChI=1S/C19H26N2O/c22-19(13-5-1-2-6-13)12-20-14-9-10-18-16(11-14)15-7-3-4-8-17(15)21-18/h3-4,7-8,13-14,19-22H,1-2,5-6,9-12H2. The number of H-pyrrole nitrogens is 1. The van der Waals surface area contributed by atoms with Crippen LogP contribution in [0.5, 0.6) is 0 Å². The van der Waals surface area contributed by atoms with Crippen molar-refractivity contribution in [2.24, 2.45) is 5.92 Å². The minimum absolute atomic E-state index is 0.160. The van der Waals surface area contributed by atoms with Crippen molar-refractivity contribution >= 4 is 10.9 Å². The summed E-state index contributed by atoms with van der Waals surface area (Å²) < 4.78 is 0. The van der Waals surface area contributed by atoms with E-state index >= 15 is 0 Å². The molecule has 4 rings (SSSR count). The fourth-order valence-corrected chi connectivity index (χ4v) is 4.34. The molecule has 2 unspecified atom stereocenters. The first-order valence-corrected chi connectivity index (χ1v) is 8.81. The van der Waals surface area contributed by atoms with Crippen molar-refractivity contribution in [3.05, 3.63) is 35.5 Å². The lowest BCUT2D eigenvalue weighted by molar-refractivity contribution is 0.105. The van der Waals surface area contributed by atoms with Crippen molar-refractivity contribution < 1.29 is 5.11 Å². The Bertz CT molecular complexity index is 642. The van der Waals surface area contributed by atoms with Crippen LogP contribution in [-0.2, 0) is 12.8 Å². The summed E-state index contributed by atoms with van der Waals surface area (Å²) in [6.45, 7) is 0.757. The number of aromatic nitrogens is 1. The lowest BCUT2D eigenvalue weighted by Gasteiger charge is -2.26. The van der Waals surface area contributed by atoms with E-state index in [2.05, 4.69) is 34.6 Å². The van der Waals surface area contributed by atoms with Gasteiger partial charge in [0, 0.05) is 29.2 Å². The number of hydrogen-bond acceptors (Lipinski definition) is 2. The number of rotatable bonds is 4. The highest BCUT2D eigenvalue weighted by Crippen LogP contribution is 2.30. The number of hydrogen-bond donors (Lipinski definition) is 3. The molecule has 0 saturated heterocycles. The van der Waals surface area contributed by atoms with Gasteiger partial charge in [-0.3, -0.25) is 0 Å². The molecule has 1 aromatic heterocycles. The molecular weight excluding hydrogens is 272 g/mol. The van der Waals surface area contributed by atoms with Gasteiger partial charge in [0.05, 0.1) is 6.10 Å². The number of nitrogens with one attached hydrogen (secondary N) is 2. The Kier molecular flexibility index (Phi) is 3.93. The van der Waals surface area contributed by atoms with Crippen LogP contribution in [0.1, 0.15) is 43.4 Å². The Balaban J connectivity index is 1.41. The second kappa shape index (κ2) is 6.05. The molecule has 1 aromatic carbocycles. The third kappa shape index (κ3) is 2.68. The van der Waals surface area contributed by atoms with Gasteiger partial charge in [-0.1, -0.05) is 31.0 Å². The average molecular weight is 298 g/mol. The maximum absolute atomic E-state index is 10.3. The Labute approximate surface area is 132 Å². The summed E-state index contributed by atoms with van der Waals surface area (Å²) in [5.41, 5.74) is 4.16. The summed E-state index contributed by atoms with van der Waals surface area (Å²) in [5.74, 6) is 0.528. The zero-order valence-corrected chi connectivity index (χ0v) is 13.1. The minimum atomic E-state index is -0.160. The molecule has 1 heterocycles. The van der Waals surface area contributed by atoms with Gasteiger partial charge in [-0.15, -0.1) is 0 Å². The molecule has 22 heavy (non-hydrogen) atoms. The monoisotopic (exact) mass is 298 g/mol. The van der Waals surface area contributed by atoms with E-state index in [4.69, 9.17) is 0 Å². The number of aromatic amines is 1. The SMILES string of the molecule is OC(CNC1CCc2[nH]c3ccccc3c2C1)C1CCCC1. The van der Waals surface area contributed by atoms with Gasteiger partial charge in [0.15, 0.2) is 0 Å². The summed E-state index contributed by atoms with van der Waals surface area (Å²) in [4.78, 5) is 3.57. The Morgan fingerprint density at radius 3 is 2.86 bits per heavy atom.